The number of carbonyl (C=O) groups is 1. The van der Waals surface area contributed by atoms with Crippen LogP contribution in [-0.2, 0) is 13.5 Å². The first-order chi connectivity index (χ1) is 12.5. The molecule has 0 saturated carbocycles. The van der Waals surface area contributed by atoms with Crippen molar-refractivity contribution in [2.45, 2.75) is 30.7 Å². The van der Waals surface area contributed by atoms with Crippen LogP contribution in [0.3, 0.4) is 0 Å². The summed E-state index contributed by atoms with van der Waals surface area (Å²) in [5.74, 6) is 0.838. The summed E-state index contributed by atoms with van der Waals surface area (Å²) >= 11 is 7.36. The molecule has 0 radical (unpaired) electrons. The molecule has 6 heteroatoms. The van der Waals surface area contributed by atoms with Crippen molar-refractivity contribution in [3.05, 3.63) is 64.7 Å². The first kappa shape index (κ1) is 18.7. The molecule has 2 aromatic carbocycles. The summed E-state index contributed by atoms with van der Waals surface area (Å²) in [6.45, 7) is 4.00. The molecule has 0 aliphatic carbocycles. The fourth-order valence-electron chi connectivity index (χ4n) is 2.62. The van der Waals surface area contributed by atoms with Crippen LogP contribution in [0, 0.1) is 0 Å². The highest BCUT2D eigenvalue weighted by molar-refractivity contribution is 8.00. The molecule has 0 bridgehead atoms. The molecule has 3 aromatic rings. The van der Waals surface area contributed by atoms with Gasteiger partial charge >= 0.3 is 0 Å². The van der Waals surface area contributed by atoms with Crippen LogP contribution in [-0.4, -0.2) is 25.8 Å². The number of ketones is 1. The molecular weight excluding hydrogens is 366 g/mol. The maximum absolute atomic E-state index is 12.7. The highest BCUT2D eigenvalue weighted by Crippen LogP contribution is 2.28. The van der Waals surface area contributed by atoms with Crippen molar-refractivity contribution in [3.63, 3.8) is 0 Å². The number of carbonyl (C=O) groups excluding carboxylic acids is 1. The van der Waals surface area contributed by atoms with E-state index in [4.69, 9.17) is 11.6 Å². The van der Waals surface area contributed by atoms with Crippen LogP contribution in [0.4, 0.5) is 0 Å². The molecule has 0 aliphatic heterocycles. The monoisotopic (exact) mass is 385 g/mol. The van der Waals surface area contributed by atoms with Crippen LogP contribution in [0.5, 0.6) is 0 Å². The minimum Gasteiger partial charge on any atom is -0.305 e. The predicted octanol–water partition coefficient (Wildman–Crippen LogP) is 5.06. The lowest BCUT2D eigenvalue weighted by molar-refractivity contribution is 0.0994. The zero-order chi connectivity index (χ0) is 18.7. The highest BCUT2D eigenvalue weighted by atomic mass is 35.5. The average molecular weight is 386 g/mol. The topological polar surface area (TPSA) is 47.8 Å². The molecule has 1 atom stereocenters. The summed E-state index contributed by atoms with van der Waals surface area (Å²) in [6.07, 6.45) is 0.963. The van der Waals surface area contributed by atoms with Gasteiger partial charge < -0.3 is 4.57 Å². The SMILES string of the molecule is CCc1ccc(C(=O)[C@H](C)Sc2nnc(-c3ccc(Cl)cc3)n2C)cc1. The van der Waals surface area contributed by atoms with Gasteiger partial charge in [-0.1, -0.05) is 54.6 Å². The van der Waals surface area contributed by atoms with Gasteiger partial charge in [0.25, 0.3) is 0 Å². The minimum absolute atomic E-state index is 0.0914. The summed E-state index contributed by atoms with van der Waals surface area (Å²) in [4.78, 5) is 12.7. The van der Waals surface area contributed by atoms with Crippen molar-refractivity contribution >= 4 is 29.1 Å². The molecule has 3 rings (SSSR count). The first-order valence-corrected chi connectivity index (χ1v) is 9.70. The number of nitrogens with zero attached hydrogens (tertiary/aromatic N) is 3. The number of benzene rings is 2. The van der Waals surface area contributed by atoms with E-state index in [1.807, 2.05) is 67.1 Å². The molecule has 0 N–H and O–H groups in total. The van der Waals surface area contributed by atoms with Gasteiger partial charge in [0.1, 0.15) is 0 Å². The Hall–Kier alpha value is -2.11. The lowest BCUT2D eigenvalue weighted by atomic mass is 10.1. The summed E-state index contributed by atoms with van der Waals surface area (Å²) < 4.78 is 1.90. The van der Waals surface area contributed by atoms with E-state index in [0.717, 1.165) is 23.4 Å². The van der Waals surface area contributed by atoms with Crippen LogP contribution < -0.4 is 0 Å². The zero-order valence-electron chi connectivity index (χ0n) is 14.9. The fourth-order valence-corrected chi connectivity index (χ4v) is 3.64. The predicted molar refractivity (Wildman–Crippen MR) is 107 cm³/mol. The van der Waals surface area contributed by atoms with Crippen molar-refractivity contribution in [2.75, 3.05) is 0 Å². The number of thioether (sulfide) groups is 1. The van der Waals surface area contributed by atoms with Crippen molar-refractivity contribution in [2.24, 2.45) is 7.05 Å². The number of aromatic nitrogens is 3. The van der Waals surface area contributed by atoms with Crippen LogP contribution in [0.15, 0.2) is 53.7 Å². The normalized spacial score (nSPS) is 12.2. The summed E-state index contributed by atoms with van der Waals surface area (Å²) in [7, 11) is 1.90. The van der Waals surface area contributed by atoms with Crippen molar-refractivity contribution in [3.8, 4) is 11.4 Å². The zero-order valence-corrected chi connectivity index (χ0v) is 16.5. The number of aryl methyl sites for hydroxylation is 1. The molecule has 1 heterocycles. The van der Waals surface area contributed by atoms with E-state index in [2.05, 4.69) is 17.1 Å². The largest absolute Gasteiger partial charge is 0.305 e. The Balaban J connectivity index is 1.75. The standard InChI is InChI=1S/C20H20ClN3OS/c1-4-14-5-7-15(8-6-14)18(25)13(2)26-20-23-22-19(24(20)3)16-9-11-17(21)12-10-16/h5-13H,4H2,1-3H3/t13-/m0/s1. The molecule has 0 unspecified atom stereocenters. The number of hydrogen-bond donors (Lipinski definition) is 0. The van der Waals surface area contributed by atoms with Crippen LogP contribution in [0.2, 0.25) is 5.02 Å². The van der Waals surface area contributed by atoms with Crippen molar-refractivity contribution in [1.29, 1.82) is 0 Å². The van der Waals surface area contributed by atoms with Gasteiger partial charge in [-0.3, -0.25) is 4.79 Å². The third-order valence-electron chi connectivity index (χ3n) is 4.24. The molecular formula is C20H20ClN3OS. The van der Waals surface area contributed by atoms with Crippen LogP contribution >= 0.6 is 23.4 Å². The van der Waals surface area contributed by atoms with Gasteiger partial charge in [-0.15, -0.1) is 10.2 Å². The van der Waals surface area contributed by atoms with Gasteiger partial charge in [0, 0.05) is 23.2 Å². The van der Waals surface area contributed by atoms with Gasteiger partial charge in [-0.25, -0.2) is 0 Å². The second-order valence-corrected chi connectivity index (χ2v) is 7.79. The third-order valence-corrected chi connectivity index (χ3v) is 5.62. The molecule has 0 amide bonds. The molecule has 26 heavy (non-hydrogen) atoms. The van der Waals surface area contributed by atoms with Crippen LogP contribution in [0.1, 0.15) is 29.8 Å². The summed E-state index contributed by atoms with van der Waals surface area (Å²) in [5.41, 5.74) is 2.88. The number of Topliss-reactive ketones (excluding diaryl/α,β-unsaturated/α-hetero) is 1. The van der Waals surface area contributed by atoms with E-state index in [0.29, 0.717) is 10.2 Å². The van der Waals surface area contributed by atoms with E-state index in [1.165, 1.54) is 17.3 Å². The van der Waals surface area contributed by atoms with E-state index in [9.17, 15) is 4.79 Å². The van der Waals surface area contributed by atoms with E-state index >= 15 is 0 Å². The smallest absolute Gasteiger partial charge is 0.191 e. The Morgan fingerprint density at radius 1 is 1.12 bits per heavy atom. The Kier molecular flexibility index (Phi) is 5.79. The highest BCUT2D eigenvalue weighted by Gasteiger charge is 2.20. The second-order valence-electron chi connectivity index (χ2n) is 6.05. The van der Waals surface area contributed by atoms with E-state index in [-0.39, 0.29) is 11.0 Å². The minimum atomic E-state index is -0.247. The molecule has 0 aliphatic rings. The lowest BCUT2D eigenvalue weighted by Gasteiger charge is -2.10. The Morgan fingerprint density at radius 3 is 2.38 bits per heavy atom. The molecule has 134 valence electrons. The quantitative estimate of drug-likeness (QED) is 0.439. The van der Waals surface area contributed by atoms with Gasteiger partial charge in [0.15, 0.2) is 16.8 Å². The molecule has 1 aromatic heterocycles. The molecule has 0 saturated heterocycles. The van der Waals surface area contributed by atoms with Crippen molar-refractivity contribution < 1.29 is 4.79 Å². The molecule has 4 nitrogen and oxygen atoms in total. The number of rotatable bonds is 6. The maximum Gasteiger partial charge on any atom is 0.191 e. The Labute approximate surface area is 162 Å². The average Bonchev–Trinajstić information content (AvgIpc) is 3.02. The number of halogens is 1. The van der Waals surface area contributed by atoms with Gasteiger partial charge in [0.2, 0.25) is 0 Å². The van der Waals surface area contributed by atoms with E-state index in [1.54, 1.807) is 0 Å². The molecule has 0 fully saturated rings. The first-order valence-electron chi connectivity index (χ1n) is 8.44. The third kappa shape index (κ3) is 4.00. The Bertz CT molecular complexity index is 904. The number of hydrogen-bond acceptors (Lipinski definition) is 4. The Morgan fingerprint density at radius 2 is 1.77 bits per heavy atom. The van der Waals surface area contributed by atoms with Gasteiger partial charge in [-0.05, 0) is 43.2 Å². The maximum atomic E-state index is 12.7. The second kappa shape index (κ2) is 8.06. The van der Waals surface area contributed by atoms with E-state index < -0.39 is 0 Å². The summed E-state index contributed by atoms with van der Waals surface area (Å²) in [5, 5.41) is 9.65. The summed E-state index contributed by atoms with van der Waals surface area (Å²) in [6, 6.07) is 15.3. The van der Waals surface area contributed by atoms with Crippen LogP contribution in [0.25, 0.3) is 11.4 Å². The fraction of sp³-hybridized carbons (Fsp3) is 0.250. The van der Waals surface area contributed by atoms with Gasteiger partial charge in [0.05, 0.1) is 5.25 Å². The van der Waals surface area contributed by atoms with Crippen molar-refractivity contribution in [1.82, 2.24) is 14.8 Å². The lowest BCUT2D eigenvalue weighted by Crippen LogP contribution is -2.14. The molecule has 0 spiro atoms. The van der Waals surface area contributed by atoms with Gasteiger partial charge in [-0.2, -0.15) is 0 Å².